The van der Waals surface area contributed by atoms with E-state index < -0.39 is 20.2 Å². The topological polar surface area (TPSA) is 79.9 Å². The van der Waals surface area contributed by atoms with Crippen LogP contribution >= 0.6 is 0 Å². The van der Waals surface area contributed by atoms with Crippen molar-refractivity contribution in [2.75, 3.05) is 30.8 Å². The Labute approximate surface area is 262 Å². The number of nitrogens with one attached hydrogen (secondary N) is 2. The van der Waals surface area contributed by atoms with Gasteiger partial charge in [0, 0.05) is 36.3 Å². The first-order valence-electron chi connectivity index (χ1n) is 15.4. The van der Waals surface area contributed by atoms with Crippen LogP contribution in [0.25, 0.3) is 11.1 Å². The van der Waals surface area contributed by atoms with Crippen LogP contribution in [-0.2, 0) is 27.0 Å². The van der Waals surface area contributed by atoms with Gasteiger partial charge in [0.1, 0.15) is 11.9 Å². The molecule has 3 aromatic carbocycles. The number of amides is 2. The molecule has 7 nitrogen and oxygen atoms in total. The molecule has 0 spiro atoms. The summed E-state index contributed by atoms with van der Waals surface area (Å²) in [7, 11) is 0.0541. The second kappa shape index (κ2) is 14.5. The van der Waals surface area contributed by atoms with Crippen LogP contribution in [0.1, 0.15) is 51.2 Å². The fourth-order valence-electron chi connectivity index (χ4n) is 4.81. The third kappa shape index (κ3) is 9.23. The van der Waals surface area contributed by atoms with Crippen molar-refractivity contribution in [3.8, 4) is 11.1 Å². The molecule has 236 valence electrons. The van der Waals surface area contributed by atoms with E-state index in [0.29, 0.717) is 23.4 Å². The van der Waals surface area contributed by atoms with Crippen molar-refractivity contribution in [1.82, 2.24) is 4.90 Å². The molecule has 0 unspecified atom stereocenters. The van der Waals surface area contributed by atoms with Crippen LogP contribution < -0.4 is 10.6 Å². The molecule has 1 aliphatic heterocycles. The Bertz CT molecular complexity index is 1430. The molecule has 0 aromatic heterocycles. The quantitative estimate of drug-likeness (QED) is 0.224. The van der Waals surface area contributed by atoms with E-state index >= 15 is 0 Å². The van der Waals surface area contributed by atoms with Gasteiger partial charge in [-0.15, -0.1) is 0 Å². The normalized spacial score (nSPS) is 14.7. The Morgan fingerprint density at radius 2 is 1.68 bits per heavy atom. The molecule has 3 aromatic rings. The van der Waals surface area contributed by atoms with E-state index in [9.17, 15) is 14.0 Å². The van der Waals surface area contributed by atoms with Gasteiger partial charge in [-0.05, 0) is 73.8 Å². The Kier molecular flexibility index (Phi) is 11.0. The zero-order valence-corrected chi connectivity index (χ0v) is 27.8. The van der Waals surface area contributed by atoms with Gasteiger partial charge in [-0.1, -0.05) is 69.3 Å². The Hall–Kier alpha value is -3.53. The lowest BCUT2D eigenvalue weighted by molar-refractivity contribution is -0.116. The molecule has 0 saturated carbocycles. The molecule has 9 heteroatoms. The number of anilines is 2. The third-order valence-electron chi connectivity index (χ3n) is 8.72. The number of benzene rings is 3. The van der Waals surface area contributed by atoms with Crippen LogP contribution in [0.4, 0.5) is 20.6 Å². The maximum Gasteiger partial charge on any atom is 0.411 e. The molecule has 1 fully saturated rings. The molecule has 0 bridgehead atoms. The van der Waals surface area contributed by atoms with Crippen molar-refractivity contribution < 1.29 is 23.1 Å². The van der Waals surface area contributed by atoms with Crippen molar-refractivity contribution in [2.45, 2.75) is 77.3 Å². The van der Waals surface area contributed by atoms with Crippen LogP contribution in [0.5, 0.6) is 0 Å². The first-order valence-corrected chi connectivity index (χ1v) is 18.3. The number of aryl methyl sites for hydroxylation is 1. The van der Waals surface area contributed by atoms with Crippen molar-refractivity contribution in [3.63, 3.8) is 0 Å². The van der Waals surface area contributed by atoms with Crippen molar-refractivity contribution in [2.24, 2.45) is 0 Å². The molecule has 1 aliphatic rings. The van der Waals surface area contributed by atoms with E-state index in [4.69, 9.17) is 9.16 Å². The first kappa shape index (κ1) is 33.4. The van der Waals surface area contributed by atoms with Crippen LogP contribution in [0.3, 0.4) is 0 Å². The van der Waals surface area contributed by atoms with Gasteiger partial charge in [-0.3, -0.25) is 10.1 Å². The highest BCUT2D eigenvalue weighted by molar-refractivity contribution is 6.74. The highest BCUT2D eigenvalue weighted by Crippen LogP contribution is 2.37. The van der Waals surface area contributed by atoms with Crippen LogP contribution in [0.15, 0.2) is 66.7 Å². The zero-order valence-electron chi connectivity index (χ0n) is 26.8. The number of carbonyl (C=O) groups is 2. The van der Waals surface area contributed by atoms with E-state index in [1.54, 1.807) is 12.1 Å². The number of halogens is 1. The van der Waals surface area contributed by atoms with Crippen LogP contribution in [0.2, 0.25) is 18.1 Å². The highest BCUT2D eigenvalue weighted by Gasteiger charge is 2.37. The molecule has 0 radical (unpaired) electrons. The van der Waals surface area contributed by atoms with Gasteiger partial charge in [0.2, 0.25) is 5.91 Å². The minimum Gasteiger partial charge on any atom is -0.446 e. The molecule has 2 amide bonds. The highest BCUT2D eigenvalue weighted by atomic mass is 28.4. The van der Waals surface area contributed by atoms with Gasteiger partial charge in [0.25, 0.3) is 0 Å². The molecule has 44 heavy (non-hydrogen) atoms. The summed E-state index contributed by atoms with van der Waals surface area (Å²) in [6, 6.07) is 20.3. The summed E-state index contributed by atoms with van der Waals surface area (Å²) < 4.78 is 26.7. The zero-order chi connectivity index (χ0) is 31.9. The first-order chi connectivity index (χ1) is 20.8. The van der Waals surface area contributed by atoms with Crippen molar-refractivity contribution in [1.29, 1.82) is 0 Å². The van der Waals surface area contributed by atoms with Gasteiger partial charge in [0.15, 0.2) is 8.32 Å². The minimum atomic E-state index is -2.01. The van der Waals surface area contributed by atoms with Gasteiger partial charge in [-0.25, -0.2) is 9.18 Å². The van der Waals surface area contributed by atoms with Crippen molar-refractivity contribution >= 4 is 31.7 Å². The Morgan fingerprint density at radius 3 is 2.34 bits per heavy atom. The fraction of sp³-hybridized carbons (Fsp3) is 0.429. The molecule has 1 heterocycles. The molecular formula is C35H46FN3O4Si. The largest absolute Gasteiger partial charge is 0.446 e. The lowest BCUT2D eigenvalue weighted by Gasteiger charge is -2.36. The smallest absolute Gasteiger partial charge is 0.411 e. The number of hydrogen-bond donors (Lipinski definition) is 2. The monoisotopic (exact) mass is 619 g/mol. The lowest BCUT2D eigenvalue weighted by Crippen LogP contribution is -2.40. The second-order valence-corrected chi connectivity index (χ2v) is 18.0. The molecule has 4 rings (SSSR count). The average Bonchev–Trinajstić information content (AvgIpc) is 2.97. The van der Waals surface area contributed by atoms with Gasteiger partial charge in [0.05, 0.1) is 12.3 Å². The van der Waals surface area contributed by atoms with E-state index in [0.717, 1.165) is 42.6 Å². The number of hydrogen-bond acceptors (Lipinski definition) is 5. The fourth-order valence-corrected chi connectivity index (χ4v) is 5.76. The number of ether oxygens (including phenoxy) is 1. The summed E-state index contributed by atoms with van der Waals surface area (Å²) >= 11 is 0. The van der Waals surface area contributed by atoms with E-state index in [2.05, 4.69) is 56.4 Å². The minimum absolute atomic E-state index is 0.0336. The molecule has 1 saturated heterocycles. The molecule has 0 aliphatic carbocycles. The predicted molar refractivity (Wildman–Crippen MR) is 178 cm³/mol. The maximum absolute atomic E-state index is 14.9. The number of piperidine rings is 1. The summed E-state index contributed by atoms with van der Waals surface area (Å²) in [6.07, 6.45) is 1.67. The number of nitrogens with zero attached hydrogens (tertiary/aromatic N) is 1. The van der Waals surface area contributed by atoms with E-state index in [1.165, 1.54) is 6.07 Å². The summed E-state index contributed by atoms with van der Waals surface area (Å²) in [6.45, 7) is 12.7. The number of rotatable bonds is 10. The summed E-state index contributed by atoms with van der Waals surface area (Å²) in [4.78, 5) is 27.9. The lowest BCUT2D eigenvalue weighted by atomic mass is 9.99. The van der Waals surface area contributed by atoms with Gasteiger partial charge in [-0.2, -0.15) is 0 Å². The summed E-state index contributed by atoms with van der Waals surface area (Å²) in [5, 5.41) is 5.79. The molecular weight excluding hydrogens is 573 g/mol. The van der Waals surface area contributed by atoms with Crippen LogP contribution in [0, 0.1) is 5.82 Å². The Morgan fingerprint density at radius 1 is 0.977 bits per heavy atom. The predicted octanol–water partition coefficient (Wildman–Crippen LogP) is 8.23. The van der Waals surface area contributed by atoms with Gasteiger partial charge < -0.3 is 19.4 Å². The number of likely N-dealkylation sites (tertiary alicyclic amines) is 1. The maximum atomic E-state index is 14.9. The average molecular weight is 620 g/mol. The van der Waals surface area contributed by atoms with E-state index in [1.807, 2.05) is 48.5 Å². The summed E-state index contributed by atoms with van der Waals surface area (Å²) in [5.41, 5.74) is 4.23. The molecule has 0 atom stereocenters. The number of carbonyl (C=O) groups excluding carboxylic acids is 2. The standard InChI is InChI=1S/C35H46FN3O4Si/c1-35(2,3)44(5,6)42-24-27-14-15-28(23-31(27)36)37-33(40)17-13-25-12-16-30(26-10-8-7-9-11-26)32(22-25)38-34(41)43-29-18-20-39(4)21-19-29/h7-12,14-16,22-23,29H,13,17-21,24H2,1-6H3,(H,37,40)(H,38,41). The summed E-state index contributed by atoms with van der Waals surface area (Å²) in [5.74, 6) is -0.626. The van der Waals surface area contributed by atoms with Crippen LogP contribution in [-0.4, -0.2) is 51.5 Å². The third-order valence-corrected chi connectivity index (χ3v) is 13.2. The van der Waals surface area contributed by atoms with Gasteiger partial charge >= 0.3 is 6.09 Å². The van der Waals surface area contributed by atoms with Crippen molar-refractivity contribution in [3.05, 3.63) is 83.7 Å². The molecule has 2 N–H and O–H groups in total. The van der Waals surface area contributed by atoms with E-state index in [-0.39, 0.29) is 30.1 Å². The Balaban J connectivity index is 1.37. The second-order valence-electron chi connectivity index (χ2n) is 13.2. The SMILES string of the molecule is CN1CCC(OC(=O)Nc2cc(CCC(=O)Nc3ccc(CO[Si](C)(C)C(C)(C)C)c(F)c3)ccc2-c2ccccc2)CC1.